The number of aromatic nitrogens is 4. The lowest BCUT2D eigenvalue weighted by atomic mass is 10.2. The van der Waals surface area contributed by atoms with Crippen LogP contribution in [0.4, 0.5) is 19.0 Å². The summed E-state index contributed by atoms with van der Waals surface area (Å²) in [5, 5.41) is 7.11. The summed E-state index contributed by atoms with van der Waals surface area (Å²) in [5.41, 5.74) is 4.24. The van der Waals surface area contributed by atoms with Crippen LogP contribution in [0.5, 0.6) is 0 Å². The lowest BCUT2D eigenvalue weighted by Crippen LogP contribution is -2.08. The fourth-order valence-corrected chi connectivity index (χ4v) is 1.76. The number of aryl methyl sites for hydroxylation is 2. The lowest BCUT2D eigenvalue weighted by molar-refractivity contribution is -0.141. The second kappa shape index (κ2) is 3.91. The fraction of sp³-hybridized carbons (Fsp3) is 0.333. The molecule has 0 saturated heterocycles. The van der Waals surface area contributed by atoms with Gasteiger partial charge in [-0.05, 0) is 0 Å². The minimum Gasteiger partial charge on any atom is -0.384 e. The Bertz CT molecular complexity index is 579. The summed E-state index contributed by atoms with van der Waals surface area (Å²) in [5.74, 6) is 0.234. The zero-order valence-corrected chi connectivity index (χ0v) is 10.2. The Labute approximate surface area is 105 Å². The van der Waals surface area contributed by atoms with Crippen molar-refractivity contribution in [3.8, 4) is 11.3 Å². The van der Waals surface area contributed by atoms with Gasteiger partial charge in [0, 0.05) is 20.2 Å². The third-order valence-electron chi connectivity index (χ3n) is 2.42. The van der Waals surface area contributed by atoms with E-state index in [4.69, 9.17) is 17.3 Å². The van der Waals surface area contributed by atoms with E-state index in [0.717, 1.165) is 4.68 Å². The highest BCUT2D eigenvalue weighted by Gasteiger charge is 2.39. The molecule has 2 aromatic heterocycles. The van der Waals surface area contributed by atoms with E-state index in [1.807, 2.05) is 0 Å². The van der Waals surface area contributed by atoms with Crippen LogP contribution in [-0.2, 0) is 20.3 Å². The van der Waals surface area contributed by atoms with E-state index in [0.29, 0.717) is 0 Å². The molecule has 0 saturated carbocycles. The number of hydrogen-bond donors (Lipinski definition) is 1. The smallest absolute Gasteiger partial charge is 0.384 e. The molecule has 0 bridgehead atoms. The number of anilines is 1. The molecule has 98 valence electrons. The summed E-state index contributed by atoms with van der Waals surface area (Å²) in [6, 6.07) is 1.32. The van der Waals surface area contributed by atoms with Crippen molar-refractivity contribution in [2.75, 3.05) is 5.73 Å². The molecule has 0 aliphatic rings. The fourth-order valence-electron chi connectivity index (χ4n) is 1.53. The van der Waals surface area contributed by atoms with Crippen molar-refractivity contribution >= 4 is 17.4 Å². The van der Waals surface area contributed by atoms with E-state index >= 15 is 0 Å². The summed E-state index contributed by atoms with van der Waals surface area (Å²) in [6.45, 7) is 0. The van der Waals surface area contributed by atoms with E-state index in [1.165, 1.54) is 24.8 Å². The number of hydrogen-bond acceptors (Lipinski definition) is 3. The van der Waals surface area contributed by atoms with Gasteiger partial charge in [0.1, 0.15) is 11.0 Å². The van der Waals surface area contributed by atoms with Crippen LogP contribution in [0.2, 0.25) is 5.15 Å². The van der Waals surface area contributed by atoms with Gasteiger partial charge in [-0.3, -0.25) is 9.36 Å². The first-order chi connectivity index (χ1) is 8.21. The minimum absolute atomic E-state index is 0.0421. The largest absolute Gasteiger partial charge is 0.435 e. The molecule has 0 atom stereocenters. The molecule has 18 heavy (non-hydrogen) atoms. The molecular formula is C9H9ClF3N5. The monoisotopic (exact) mass is 279 g/mol. The SMILES string of the molecule is Cn1nc(-c2c(C(F)(F)F)nn(C)c2Cl)cc1N. The third-order valence-corrected chi connectivity index (χ3v) is 2.85. The van der Waals surface area contributed by atoms with Gasteiger partial charge < -0.3 is 5.73 Å². The van der Waals surface area contributed by atoms with Crippen LogP contribution < -0.4 is 5.73 Å². The topological polar surface area (TPSA) is 61.7 Å². The van der Waals surface area contributed by atoms with Gasteiger partial charge in [-0.25, -0.2) is 0 Å². The maximum atomic E-state index is 12.8. The standard InChI is InChI=1S/C9H9ClF3N5/c1-17-5(14)3-4(15-17)6-7(9(11,12)13)16-18(2)8(6)10/h3H,14H2,1-2H3. The molecule has 2 rings (SSSR count). The van der Waals surface area contributed by atoms with Gasteiger partial charge in [-0.2, -0.15) is 23.4 Å². The van der Waals surface area contributed by atoms with E-state index in [9.17, 15) is 13.2 Å². The second-order valence-electron chi connectivity index (χ2n) is 3.71. The number of nitrogen functional groups attached to an aromatic ring is 1. The highest BCUT2D eigenvalue weighted by atomic mass is 35.5. The van der Waals surface area contributed by atoms with Crippen LogP contribution in [-0.4, -0.2) is 19.6 Å². The van der Waals surface area contributed by atoms with Crippen molar-refractivity contribution < 1.29 is 13.2 Å². The zero-order valence-electron chi connectivity index (χ0n) is 9.46. The Morgan fingerprint density at radius 3 is 2.28 bits per heavy atom. The van der Waals surface area contributed by atoms with Gasteiger partial charge in [0.25, 0.3) is 0 Å². The third kappa shape index (κ3) is 1.92. The van der Waals surface area contributed by atoms with Gasteiger partial charge >= 0.3 is 6.18 Å². The predicted octanol–water partition coefficient (Wildman–Crippen LogP) is 2.07. The molecule has 0 spiro atoms. The molecule has 2 aromatic rings. The number of alkyl halides is 3. The normalized spacial score (nSPS) is 12.1. The average Bonchev–Trinajstić information content (AvgIpc) is 2.70. The summed E-state index contributed by atoms with van der Waals surface area (Å²) in [7, 11) is 2.85. The average molecular weight is 280 g/mol. The van der Waals surface area contributed by atoms with E-state index < -0.39 is 11.9 Å². The maximum absolute atomic E-state index is 12.8. The summed E-state index contributed by atoms with van der Waals surface area (Å²) in [6.07, 6.45) is -4.60. The minimum atomic E-state index is -4.60. The summed E-state index contributed by atoms with van der Waals surface area (Å²) >= 11 is 5.83. The number of nitrogens with zero attached hydrogens (tertiary/aromatic N) is 4. The molecular weight excluding hydrogens is 271 g/mol. The highest BCUT2D eigenvalue weighted by Crippen LogP contribution is 2.39. The Morgan fingerprint density at radius 2 is 1.83 bits per heavy atom. The molecule has 0 aliphatic carbocycles. The van der Waals surface area contributed by atoms with Crippen molar-refractivity contribution in [1.82, 2.24) is 19.6 Å². The molecule has 2 N–H and O–H groups in total. The van der Waals surface area contributed by atoms with Crippen molar-refractivity contribution in [2.24, 2.45) is 14.1 Å². The first kappa shape index (κ1) is 12.7. The molecule has 0 amide bonds. The summed E-state index contributed by atoms with van der Waals surface area (Å²) in [4.78, 5) is 0. The molecule has 5 nitrogen and oxygen atoms in total. The van der Waals surface area contributed by atoms with Crippen molar-refractivity contribution in [2.45, 2.75) is 6.18 Å². The summed E-state index contributed by atoms with van der Waals surface area (Å²) < 4.78 is 40.7. The van der Waals surface area contributed by atoms with Gasteiger partial charge in [-0.15, -0.1) is 0 Å². The van der Waals surface area contributed by atoms with Crippen LogP contribution in [0.3, 0.4) is 0 Å². The first-order valence-corrected chi connectivity index (χ1v) is 5.19. The quantitative estimate of drug-likeness (QED) is 0.869. The van der Waals surface area contributed by atoms with Crippen LogP contribution in [0.15, 0.2) is 6.07 Å². The van der Waals surface area contributed by atoms with E-state index in [2.05, 4.69) is 10.2 Å². The lowest BCUT2D eigenvalue weighted by Gasteiger charge is -2.03. The second-order valence-corrected chi connectivity index (χ2v) is 4.07. The Morgan fingerprint density at radius 1 is 1.22 bits per heavy atom. The first-order valence-electron chi connectivity index (χ1n) is 4.81. The number of nitrogens with two attached hydrogens (primary N) is 1. The predicted molar refractivity (Wildman–Crippen MR) is 59.8 cm³/mol. The van der Waals surface area contributed by atoms with Gasteiger partial charge in [0.05, 0.1) is 11.3 Å². The Balaban J connectivity index is 2.70. The molecule has 0 fully saturated rings. The maximum Gasteiger partial charge on any atom is 0.435 e. The van der Waals surface area contributed by atoms with Gasteiger partial charge in [-0.1, -0.05) is 11.6 Å². The Kier molecular flexibility index (Phi) is 2.77. The molecule has 2 heterocycles. The number of rotatable bonds is 1. The molecule has 0 aromatic carbocycles. The van der Waals surface area contributed by atoms with E-state index in [-0.39, 0.29) is 22.2 Å². The molecule has 0 radical (unpaired) electrons. The molecule has 9 heteroatoms. The van der Waals surface area contributed by atoms with Crippen molar-refractivity contribution in [3.05, 3.63) is 16.9 Å². The van der Waals surface area contributed by atoms with Crippen molar-refractivity contribution in [1.29, 1.82) is 0 Å². The zero-order chi connectivity index (χ0) is 13.7. The van der Waals surface area contributed by atoms with Gasteiger partial charge in [0.15, 0.2) is 5.69 Å². The molecule has 0 aliphatic heterocycles. The van der Waals surface area contributed by atoms with Crippen molar-refractivity contribution in [3.63, 3.8) is 0 Å². The number of halogens is 4. The van der Waals surface area contributed by atoms with E-state index in [1.54, 1.807) is 0 Å². The van der Waals surface area contributed by atoms with Crippen LogP contribution in [0.25, 0.3) is 11.3 Å². The Hall–Kier alpha value is -1.70. The highest BCUT2D eigenvalue weighted by molar-refractivity contribution is 6.32. The van der Waals surface area contributed by atoms with Gasteiger partial charge in [0.2, 0.25) is 0 Å². The van der Waals surface area contributed by atoms with Crippen LogP contribution in [0, 0.1) is 0 Å². The molecule has 0 unspecified atom stereocenters. The van der Waals surface area contributed by atoms with Crippen LogP contribution >= 0.6 is 11.6 Å². The van der Waals surface area contributed by atoms with Crippen LogP contribution in [0.1, 0.15) is 5.69 Å².